The maximum Gasteiger partial charge on any atom is 0.412 e. The van der Waals surface area contributed by atoms with Crippen molar-refractivity contribution < 1.29 is 27.8 Å². The summed E-state index contributed by atoms with van der Waals surface area (Å²) in [6.07, 6.45) is -3.01. The van der Waals surface area contributed by atoms with Crippen LogP contribution in [-0.2, 0) is 5.11 Å². The Labute approximate surface area is 54.1 Å². The Morgan fingerprint density at radius 2 is 1.70 bits per heavy atom. The lowest BCUT2D eigenvalue weighted by atomic mass is 10.2. The summed E-state index contributed by atoms with van der Waals surface area (Å²) < 4.78 is 46.5. The third-order valence-electron chi connectivity index (χ3n) is 0.911. The summed E-state index contributed by atoms with van der Waals surface area (Å²) in [5.41, 5.74) is 0. The summed E-state index contributed by atoms with van der Waals surface area (Å²) in [6.45, 7) is 0.280. The van der Waals surface area contributed by atoms with E-state index in [0.717, 1.165) is 0 Å². The lowest BCUT2D eigenvalue weighted by Gasteiger charge is -2.22. The molecule has 0 heterocycles. The second kappa shape index (κ2) is 2.35. The molecule has 0 aromatic heterocycles. The molecule has 1 N–H and O–H groups in total. The largest absolute Gasteiger partial charge is 0.412 e. The fraction of sp³-hybridized carbons (Fsp3) is 1.00. The first-order valence-corrected chi connectivity index (χ1v) is 2.33. The molecule has 0 aliphatic heterocycles. The molecule has 0 amide bonds. The third kappa shape index (κ3) is 1.57. The quantitative estimate of drug-likeness (QED) is 0.476. The van der Waals surface area contributed by atoms with Gasteiger partial charge in [-0.05, 0) is 6.92 Å². The summed E-state index contributed by atoms with van der Waals surface area (Å²) in [6, 6.07) is -5.04. The zero-order chi connectivity index (χ0) is 8.58. The van der Waals surface area contributed by atoms with E-state index >= 15 is 0 Å². The van der Waals surface area contributed by atoms with Crippen molar-refractivity contribution in [3.05, 3.63) is 0 Å². The van der Waals surface area contributed by atoms with Crippen molar-refractivity contribution in [3.63, 3.8) is 0 Å². The van der Waals surface area contributed by atoms with Gasteiger partial charge in [-0.25, -0.2) is 4.39 Å². The fourth-order valence-corrected chi connectivity index (χ4v) is 0.245. The molecule has 0 bridgehead atoms. The van der Waals surface area contributed by atoms with E-state index in [4.69, 9.17) is 5.11 Å². The molecule has 2 atom stereocenters. The highest BCUT2D eigenvalue weighted by molar-refractivity contribution is 4.79. The van der Waals surface area contributed by atoms with Crippen LogP contribution in [0, 0.1) is 0 Å². The summed E-state index contributed by atoms with van der Waals surface area (Å²) in [5, 5.41) is 17.0. The molecular weight excluding hydrogens is 156 g/mol. The fourth-order valence-electron chi connectivity index (χ4n) is 0.245. The molecule has 0 saturated carbocycles. The molecule has 0 fully saturated rings. The highest BCUT2D eigenvalue weighted by Crippen LogP contribution is 2.33. The first-order valence-electron chi connectivity index (χ1n) is 2.33. The molecular formula is C4H5F4O2. The van der Waals surface area contributed by atoms with E-state index < -0.39 is 18.1 Å². The maximum atomic E-state index is 11.7. The number of halogens is 4. The minimum atomic E-state index is -5.04. The van der Waals surface area contributed by atoms with Gasteiger partial charge in [0.05, 0.1) is 0 Å². The Hall–Kier alpha value is -0.360. The zero-order valence-corrected chi connectivity index (χ0v) is 4.94. The number of aliphatic hydroxyl groups is 1. The van der Waals surface area contributed by atoms with E-state index in [1.165, 1.54) is 0 Å². The molecule has 0 aliphatic carbocycles. The molecule has 0 aliphatic rings. The average Bonchev–Trinajstić information content (AvgIpc) is 1.62. The first-order chi connectivity index (χ1) is 4.19. The second-order valence-electron chi connectivity index (χ2n) is 1.80. The summed E-state index contributed by atoms with van der Waals surface area (Å²) in [4.78, 5) is 0. The Morgan fingerprint density at radius 3 is 1.70 bits per heavy atom. The van der Waals surface area contributed by atoms with E-state index in [0.29, 0.717) is 0 Å². The Bertz CT molecular complexity index is 117. The highest BCUT2D eigenvalue weighted by Gasteiger charge is 2.59. The van der Waals surface area contributed by atoms with Crippen molar-refractivity contribution in [1.29, 1.82) is 0 Å². The van der Waals surface area contributed by atoms with Crippen LogP contribution < -0.4 is 0 Å². The van der Waals surface area contributed by atoms with Crippen LogP contribution in [0.2, 0.25) is 0 Å². The second-order valence-corrected chi connectivity index (χ2v) is 1.80. The molecule has 2 nitrogen and oxygen atoms in total. The standard InChI is InChI=1S/C4H5F4O2/c1-2(5)3(6,7)4(8,9)10/h2,9H,1H3. The van der Waals surface area contributed by atoms with Crippen LogP contribution in [0.4, 0.5) is 17.6 Å². The third-order valence-corrected chi connectivity index (χ3v) is 0.911. The molecule has 0 aromatic carbocycles. The molecule has 10 heavy (non-hydrogen) atoms. The summed E-state index contributed by atoms with van der Waals surface area (Å²) in [7, 11) is 0. The number of rotatable bonds is 2. The van der Waals surface area contributed by atoms with E-state index in [2.05, 4.69) is 0 Å². The lowest BCUT2D eigenvalue weighted by molar-refractivity contribution is -0.403. The van der Waals surface area contributed by atoms with Gasteiger partial charge in [-0.2, -0.15) is 18.3 Å². The molecule has 1 radical (unpaired) electrons. The van der Waals surface area contributed by atoms with Gasteiger partial charge in [-0.1, -0.05) is 0 Å². The monoisotopic (exact) mass is 161 g/mol. The Kier molecular flexibility index (Phi) is 2.27. The van der Waals surface area contributed by atoms with Crippen LogP contribution in [0.3, 0.4) is 0 Å². The van der Waals surface area contributed by atoms with Crippen molar-refractivity contribution >= 4 is 0 Å². The van der Waals surface area contributed by atoms with Crippen LogP contribution in [0.1, 0.15) is 6.92 Å². The van der Waals surface area contributed by atoms with E-state index in [1.54, 1.807) is 0 Å². The van der Waals surface area contributed by atoms with Gasteiger partial charge in [0.2, 0.25) is 0 Å². The summed E-state index contributed by atoms with van der Waals surface area (Å²) >= 11 is 0. The smallest absolute Gasteiger partial charge is 0.333 e. The van der Waals surface area contributed by atoms with Gasteiger partial charge in [-0.15, -0.1) is 0 Å². The maximum absolute atomic E-state index is 11.7. The van der Waals surface area contributed by atoms with Crippen molar-refractivity contribution in [2.24, 2.45) is 0 Å². The van der Waals surface area contributed by atoms with Crippen LogP contribution >= 0.6 is 0 Å². The van der Waals surface area contributed by atoms with Crippen LogP contribution in [-0.4, -0.2) is 23.2 Å². The molecule has 6 heteroatoms. The minimum absolute atomic E-state index is 0.280. The van der Waals surface area contributed by atoms with Crippen LogP contribution in [0.5, 0.6) is 0 Å². The van der Waals surface area contributed by atoms with Gasteiger partial charge in [-0.3, -0.25) is 0 Å². The molecule has 0 spiro atoms. The predicted molar refractivity (Wildman–Crippen MR) is 22.3 cm³/mol. The van der Waals surface area contributed by atoms with Crippen LogP contribution in [0.15, 0.2) is 0 Å². The highest BCUT2D eigenvalue weighted by atomic mass is 19.3. The Balaban J connectivity index is 4.40. The van der Waals surface area contributed by atoms with Crippen molar-refractivity contribution in [3.8, 4) is 0 Å². The average molecular weight is 161 g/mol. The number of hydrogen-bond acceptors (Lipinski definition) is 1. The van der Waals surface area contributed by atoms with Crippen molar-refractivity contribution in [2.45, 2.75) is 25.1 Å². The lowest BCUT2D eigenvalue weighted by Crippen LogP contribution is -2.48. The topological polar surface area (TPSA) is 40.1 Å². The van der Waals surface area contributed by atoms with E-state index in [1.807, 2.05) is 0 Å². The van der Waals surface area contributed by atoms with Crippen molar-refractivity contribution in [2.75, 3.05) is 0 Å². The van der Waals surface area contributed by atoms with E-state index in [-0.39, 0.29) is 6.92 Å². The van der Waals surface area contributed by atoms with Gasteiger partial charge in [0.25, 0.3) is 0 Å². The predicted octanol–water partition coefficient (Wildman–Crippen LogP) is 1.03. The van der Waals surface area contributed by atoms with Gasteiger partial charge in [0.1, 0.15) is 0 Å². The first kappa shape index (κ1) is 9.64. The normalized spacial score (nSPS) is 17.1. The molecule has 0 aromatic rings. The Morgan fingerprint density at radius 1 is 1.40 bits per heavy atom. The van der Waals surface area contributed by atoms with Gasteiger partial charge < -0.3 is 5.11 Å². The van der Waals surface area contributed by atoms with Gasteiger partial charge >= 0.3 is 12.0 Å². The SMILES string of the molecule is CC(F)C(F)(F)C([O])(O)F. The van der Waals surface area contributed by atoms with Crippen LogP contribution in [0.25, 0.3) is 0 Å². The minimum Gasteiger partial charge on any atom is -0.333 e. The molecule has 0 saturated heterocycles. The van der Waals surface area contributed by atoms with Crippen molar-refractivity contribution in [1.82, 2.24) is 0 Å². The number of hydrogen-bond donors (Lipinski definition) is 1. The molecule has 0 rings (SSSR count). The van der Waals surface area contributed by atoms with Gasteiger partial charge in [0.15, 0.2) is 6.17 Å². The zero-order valence-electron chi connectivity index (χ0n) is 4.94. The van der Waals surface area contributed by atoms with Gasteiger partial charge in [0, 0.05) is 0 Å². The summed E-state index contributed by atoms with van der Waals surface area (Å²) in [5.74, 6) is -4.90. The molecule has 2 unspecified atom stereocenters. The number of alkyl halides is 4. The molecule has 61 valence electrons. The van der Waals surface area contributed by atoms with E-state index in [9.17, 15) is 22.7 Å².